The van der Waals surface area contributed by atoms with Gasteiger partial charge < -0.3 is 4.90 Å². The first-order valence-electron chi connectivity index (χ1n) is 5.18. The van der Waals surface area contributed by atoms with Crippen molar-refractivity contribution < 1.29 is 4.79 Å². The lowest BCUT2D eigenvalue weighted by Crippen LogP contribution is -2.15. The first-order chi connectivity index (χ1) is 6.35. The third-order valence-electron chi connectivity index (χ3n) is 2.14. The molecule has 0 aliphatic heterocycles. The first-order valence-corrected chi connectivity index (χ1v) is 5.18. The number of unbranched alkanes of at least 4 members (excludes halogenated alkanes) is 5. The molecule has 0 heterocycles. The molecule has 0 bridgehead atoms. The van der Waals surface area contributed by atoms with E-state index in [-0.39, 0.29) is 0 Å². The third kappa shape index (κ3) is 7.57. The van der Waals surface area contributed by atoms with Crippen LogP contribution in [0.15, 0.2) is 12.8 Å². The van der Waals surface area contributed by atoms with E-state index in [9.17, 15) is 4.79 Å². The lowest BCUT2D eigenvalue weighted by Gasteiger charge is -2.10. The largest absolute Gasteiger partial charge is 0.322 e. The van der Waals surface area contributed by atoms with Gasteiger partial charge >= 0.3 is 0 Å². The number of carbonyl (C=O) groups is 1. The summed E-state index contributed by atoms with van der Waals surface area (Å²) in [7, 11) is 0. The Balaban J connectivity index is 3.14. The molecule has 0 aromatic heterocycles. The molecule has 0 saturated heterocycles. The van der Waals surface area contributed by atoms with Crippen molar-refractivity contribution in [3.8, 4) is 0 Å². The van der Waals surface area contributed by atoms with E-state index < -0.39 is 0 Å². The Hall–Kier alpha value is -0.790. The average Bonchev–Trinajstić information content (AvgIpc) is 2.17. The monoisotopic (exact) mass is 183 g/mol. The number of carbonyl (C=O) groups excluding carboxylic acids is 1. The van der Waals surface area contributed by atoms with Crippen molar-refractivity contribution >= 4 is 6.41 Å². The van der Waals surface area contributed by atoms with Crippen molar-refractivity contribution in [1.82, 2.24) is 4.90 Å². The number of amides is 1. The molecule has 0 aromatic carbocycles. The molecule has 2 heteroatoms. The SMILES string of the molecule is C=CN(C=O)CCCCCCCC. The van der Waals surface area contributed by atoms with Gasteiger partial charge in [-0.2, -0.15) is 0 Å². The van der Waals surface area contributed by atoms with Crippen molar-refractivity contribution in [2.24, 2.45) is 0 Å². The first kappa shape index (κ1) is 12.2. The van der Waals surface area contributed by atoms with Crippen LogP contribution in [-0.4, -0.2) is 17.9 Å². The number of rotatable bonds is 9. The van der Waals surface area contributed by atoms with Crippen molar-refractivity contribution in [2.75, 3.05) is 6.54 Å². The van der Waals surface area contributed by atoms with E-state index in [1.165, 1.54) is 32.1 Å². The Morgan fingerprint density at radius 2 is 1.77 bits per heavy atom. The van der Waals surface area contributed by atoms with E-state index in [1.54, 1.807) is 11.1 Å². The molecule has 0 rings (SSSR count). The van der Waals surface area contributed by atoms with Gasteiger partial charge in [0.2, 0.25) is 6.41 Å². The van der Waals surface area contributed by atoms with Crippen LogP contribution in [0.1, 0.15) is 45.4 Å². The lowest BCUT2D eigenvalue weighted by atomic mass is 10.1. The minimum Gasteiger partial charge on any atom is -0.322 e. The van der Waals surface area contributed by atoms with E-state index in [4.69, 9.17) is 0 Å². The van der Waals surface area contributed by atoms with Crippen molar-refractivity contribution in [1.29, 1.82) is 0 Å². The van der Waals surface area contributed by atoms with E-state index in [2.05, 4.69) is 13.5 Å². The fraction of sp³-hybridized carbons (Fsp3) is 0.727. The van der Waals surface area contributed by atoms with Gasteiger partial charge in [0.25, 0.3) is 0 Å². The minimum atomic E-state index is 0.819. The second kappa shape index (κ2) is 9.30. The van der Waals surface area contributed by atoms with E-state index in [0.717, 1.165) is 19.4 Å². The highest BCUT2D eigenvalue weighted by atomic mass is 16.1. The fourth-order valence-electron chi connectivity index (χ4n) is 1.26. The molecule has 0 aliphatic rings. The maximum Gasteiger partial charge on any atom is 0.213 e. The van der Waals surface area contributed by atoms with Gasteiger partial charge in [0.15, 0.2) is 0 Å². The zero-order chi connectivity index (χ0) is 9.94. The molecular formula is C11H21NO. The smallest absolute Gasteiger partial charge is 0.213 e. The maximum atomic E-state index is 10.4. The molecule has 0 atom stereocenters. The van der Waals surface area contributed by atoms with Crippen LogP contribution < -0.4 is 0 Å². The molecule has 0 aromatic rings. The lowest BCUT2D eigenvalue weighted by molar-refractivity contribution is -0.115. The van der Waals surface area contributed by atoms with Gasteiger partial charge in [0.1, 0.15) is 0 Å². The van der Waals surface area contributed by atoms with Crippen LogP contribution in [0.5, 0.6) is 0 Å². The number of nitrogens with zero attached hydrogens (tertiary/aromatic N) is 1. The highest BCUT2D eigenvalue weighted by molar-refractivity contribution is 5.48. The summed E-state index contributed by atoms with van der Waals surface area (Å²) in [5.41, 5.74) is 0. The molecule has 0 aliphatic carbocycles. The number of hydrogen-bond donors (Lipinski definition) is 0. The van der Waals surface area contributed by atoms with E-state index in [1.807, 2.05) is 0 Å². The summed E-state index contributed by atoms with van der Waals surface area (Å²) in [6.45, 7) is 6.59. The van der Waals surface area contributed by atoms with Gasteiger partial charge in [-0.25, -0.2) is 0 Å². The Morgan fingerprint density at radius 3 is 2.31 bits per heavy atom. The molecule has 0 fully saturated rings. The van der Waals surface area contributed by atoms with Gasteiger partial charge in [-0.1, -0.05) is 45.6 Å². The van der Waals surface area contributed by atoms with Crippen molar-refractivity contribution in [3.63, 3.8) is 0 Å². The van der Waals surface area contributed by atoms with Crippen LogP contribution in [0.4, 0.5) is 0 Å². The summed E-state index contributed by atoms with van der Waals surface area (Å²) in [6.07, 6.45) is 9.96. The summed E-state index contributed by atoms with van der Waals surface area (Å²) in [5.74, 6) is 0. The molecule has 0 saturated carbocycles. The molecule has 0 unspecified atom stereocenters. The molecular weight excluding hydrogens is 162 g/mol. The summed E-state index contributed by atoms with van der Waals surface area (Å²) in [6, 6.07) is 0. The number of hydrogen-bond acceptors (Lipinski definition) is 1. The minimum absolute atomic E-state index is 0.819. The van der Waals surface area contributed by atoms with Gasteiger partial charge in [-0.3, -0.25) is 4.79 Å². The second-order valence-corrected chi connectivity index (χ2v) is 3.29. The quantitative estimate of drug-likeness (QED) is 0.397. The zero-order valence-electron chi connectivity index (χ0n) is 8.67. The molecule has 1 amide bonds. The summed E-state index contributed by atoms with van der Waals surface area (Å²) >= 11 is 0. The highest BCUT2D eigenvalue weighted by Gasteiger charge is 1.94. The van der Waals surface area contributed by atoms with Crippen molar-refractivity contribution in [3.05, 3.63) is 12.8 Å². The normalized spacial score (nSPS) is 9.62. The second-order valence-electron chi connectivity index (χ2n) is 3.29. The van der Waals surface area contributed by atoms with Gasteiger partial charge in [-0.05, 0) is 12.6 Å². The summed E-state index contributed by atoms with van der Waals surface area (Å²) < 4.78 is 0. The standard InChI is InChI=1S/C11H21NO/c1-3-5-6-7-8-9-10-12(4-2)11-13/h4,11H,2-3,5-10H2,1H3. The van der Waals surface area contributed by atoms with Crippen LogP contribution in [0, 0.1) is 0 Å². The van der Waals surface area contributed by atoms with Gasteiger partial charge in [0.05, 0.1) is 0 Å². The topological polar surface area (TPSA) is 20.3 Å². The molecule has 13 heavy (non-hydrogen) atoms. The Bertz CT molecular complexity index is 126. The molecule has 76 valence electrons. The van der Waals surface area contributed by atoms with Gasteiger partial charge in [-0.15, -0.1) is 0 Å². The van der Waals surface area contributed by atoms with Crippen LogP contribution in [0.25, 0.3) is 0 Å². The molecule has 0 N–H and O–H groups in total. The van der Waals surface area contributed by atoms with Crippen LogP contribution in [0.2, 0.25) is 0 Å². The van der Waals surface area contributed by atoms with E-state index >= 15 is 0 Å². The predicted molar refractivity (Wildman–Crippen MR) is 56.3 cm³/mol. The summed E-state index contributed by atoms with van der Waals surface area (Å²) in [4.78, 5) is 12.0. The highest BCUT2D eigenvalue weighted by Crippen LogP contribution is 2.05. The van der Waals surface area contributed by atoms with Crippen LogP contribution >= 0.6 is 0 Å². The molecule has 2 nitrogen and oxygen atoms in total. The predicted octanol–water partition coefficient (Wildman–Crippen LogP) is 2.95. The average molecular weight is 183 g/mol. The van der Waals surface area contributed by atoms with E-state index in [0.29, 0.717) is 0 Å². The Labute approximate surface area is 81.6 Å². The van der Waals surface area contributed by atoms with Crippen LogP contribution in [-0.2, 0) is 4.79 Å². The molecule has 0 radical (unpaired) electrons. The zero-order valence-corrected chi connectivity index (χ0v) is 8.67. The summed E-state index contributed by atoms with van der Waals surface area (Å²) in [5, 5.41) is 0. The van der Waals surface area contributed by atoms with Crippen LogP contribution in [0.3, 0.4) is 0 Å². The third-order valence-corrected chi connectivity index (χ3v) is 2.14. The Kier molecular flexibility index (Phi) is 8.73. The fourth-order valence-corrected chi connectivity index (χ4v) is 1.26. The van der Waals surface area contributed by atoms with Crippen molar-refractivity contribution in [2.45, 2.75) is 45.4 Å². The van der Waals surface area contributed by atoms with Gasteiger partial charge in [0, 0.05) is 6.54 Å². The Morgan fingerprint density at radius 1 is 1.15 bits per heavy atom. The maximum absolute atomic E-state index is 10.4. The molecule has 0 spiro atoms.